The van der Waals surface area contributed by atoms with Crippen LogP contribution in [0.1, 0.15) is 21.5 Å². The Morgan fingerprint density at radius 2 is 1.88 bits per heavy atom. The molecule has 1 heterocycles. The van der Waals surface area contributed by atoms with Crippen LogP contribution >= 0.6 is 0 Å². The average Bonchev–Trinajstić information content (AvgIpc) is 3.26. The third-order valence-electron chi connectivity index (χ3n) is 5.69. The summed E-state index contributed by atoms with van der Waals surface area (Å²) >= 11 is 0. The van der Waals surface area contributed by atoms with Crippen LogP contribution in [-0.4, -0.2) is 49.6 Å². The lowest BCUT2D eigenvalue weighted by Gasteiger charge is -2.12. The number of benzene rings is 3. The topological polar surface area (TPSA) is 81.2 Å². The second-order valence-corrected chi connectivity index (χ2v) is 8.46. The van der Waals surface area contributed by atoms with Crippen molar-refractivity contribution in [3.8, 4) is 22.9 Å². The number of carbonyl (C=O) groups excluding carboxylic acids is 1. The molecule has 4 aromatic rings. The zero-order chi connectivity index (χ0) is 23.9. The van der Waals surface area contributed by atoms with Crippen LogP contribution in [0.3, 0.4) is 0 Å². The molecule has 1 amide bonds. The van der Waals surface area contributed by atoms with Crippen LogP contribution in [0, 0.1) is 11.3 Å². The van der Waals surface area contributed by atoms with Crippen molar-refractivity contribution in [3.05, 3.63) is 89.6 Å². The highest BCUT2D eigenvalue weighted by molar-refractivity contribution is 5.94. The SMILES string of the molecule is CN(C)CCOc1cccc(-c2ccc(C(=O)NCCc3ccc4[nH]cc(C#N)c4c3)cc2)c1. The van der Waals surface area contributed by atoms with Gasteiger partial charge in [0.25, 0.3) is 5.91 Å². The number of nitriles is 1. The standard InChI is InChI=1S/C28H28N4O2/c1-32(2)14-15-34-25-5-3-4-23(17-25)21-7-9-22(10-8-21)28(33)30-13-12-20-6-11-27-26(16-20)24(18-29)19-31-27/h3-11,16-17,19,31H,12-15H2,1-2H3,(H,30,33). The van der Waals surface area contributed by atoms with Gasteiger partial charge in [-0.05, 0) is 73.6 Å². The van der Waals surface area contributed by atoms with Gasteiger partial charge in [-0.15, -0.1) is 0 Å². The fourth-order valence-electron chi connectivity index (χ4n) is 3.76. The first-order valence-electron chi connectivity index (χ1n) is 11.3. The summed E-state index contributed by atoms with van der Waals surface area (Å²) in [5.41, 5.74) is 5.34. The van der Waals surface area contributed by atoms with Gasteiger partial charge in [0.15, 0.2) is 0 Å². The quantitative estimate of drug-likeness (QED) is 0.388. The lowest BCUT2D eigenvalue weighted by atomic mass is 10.0. The lowest BCUT2D eigenvalue weighted by Crippen LogP contribution is -2.25. The molecule has 0 atom stereocenters. The van der Waals surface area contributed by atoms with Crippen molar-refractivity contribution in [1.82, 2.24) is 15.2 Å². The van der Waals surface area contributed by atoms with Crippen LogP contribution in [0.25, 0.3) is 22.0 Å². The fourth-order valence-corrected chi connectivity index (χ4v) is 3.76. The van der Waals surface area contributed by atoms with Gasteiger partial charge in [0.2, 0.25) is 0 Å². The largest absolute Gasteiger partial charge is 0.492 e. The molecule has 0 aliphatic heterocycles. The van der Waals surface area contributed by atoms with Gasteiger partial charge in [-0.3, -0.25) is 4.79 Å². The van der Waals surface area contributed by atoms with Gasteiger partial charge in [0.05, 0.1) is 5.56 Å². The van der Waals surface area contributed by atoms with E-state index in [1.165, 1.54) is 0 Å². The Kier molecular flexibility index (Phi) is 7.26. The van der Waals surface area contributed by atoms with E-state index in [2.05, 4.69) is 21.3 Å². The number of fused-ring (bicyclic) bond motifs is 1. The van der Waals surface area contributed by atoms with Crippen molar-refractivity contribution in [3.63, 3.8) is 0 Å². The molecule has 0 aliphatic rings. The maximum atomic E-state index is 12.6. The minimum absolute atomic E-state index is 0.104. The number of nitrogens with one attached hydrogen (secondary N) is 2. The molecule has 0 spiro atoms. The second-order valence-electron chi connectivity index (χ2n) is 8.46. The molecule has 0 aliphatic carbocycles. The number of amides is 1. The van der Waals surface area contributed by atoms with E-state index in [1.54, 1.807) is 6.20 Å². The molecule has 172 valence electrons. The predicted molar refractivity (Wildman–Crippen MR) is 135 cm³/mol. The predicted octanol–water partition coefficient (Wildman–Crippen LogP) is 4.62. The molecular formula is C28H28N4O2. The highest BCUT2D eigenvalue weighted by Crippen LogP contribution is 2.24. The molecule has 1 aromatic heterocycles. The first kappa shape index (κ1) is 23.1. The summed E-state index contributed by atoms with van der Waals surface area (Å²) in [4.78, 5) is 17.8. The minimum atomic E-state index is -0.104. The second kappa shape index (κ2) is 10.7. The van der Waals surface area contributed by atoms with Crippen molar-refractivity contribution in [2.45, 2.75) is 6.42 Å². The number of H-pyrrole nitrogens is 1. The van der Waals surface area contributed by atoms with Gasteiger partial charge in [0, 0.05) is 35.8 Å². The molecule has 0 radical (unpaired) electrons. The van der Waals surface area contributed by atoms with E-state index in [9.17, 15) is 10.1 Å². The van der Waals surface area contributed by atoms with Gasteiger partial charge in [-0.2, -0.15) is 5.26 Å². The van der Waals surface area contributed by atoms with E-state index in [4.69, 9.17) is 4.74 Å². The molecule has 34 heavy (non-hydrogen) atoms. The molecule has 2 N–H and O–H groups in total. The van der Waals surface area contributed by atoms with Crippen LogP contribution in [0.5, 0.6) is 5.75 Å². The van der Waals surface area contributed by atoms with Crippen molar-refractivity contribution in [1.29, 1.82) is 5.26 Å². The van der Waals surface area contributed by atoms with Crippen LogP contribution in [0.2, 0.25) is 0 Å². The van der Waals surface area contributed by atoms with E-state index < -0.39 is 0 Å². The zero-order valence-electron chi connectivity index (χ0n) is 19.5. The summed E-state index contributed by atoms with van der Waals surface area (Å²) in [6, 6.07) is 23.8. The highest BCUT2D eigenvalue weighted by atomic mass is 16.5. The van der Waals surface area contributed by atoms with Crippen LogP contribution in [0.4, 0.5) is 0 Å². The first-order chi connectivity index (χ1) is 16.5. The van der Waals surface area contributed by atoms with E-state index in [1.807, 2.05) is 80.8 Å². The highest BCUT2D eigenvalue weighted by Gasteiger charge is 2.08. The summed E-state index contributed by atoms with van der Waals surface area (Å²) in [6.07, 6.45) is 2.41. The van der Waals surface area contributed by atoms with E-state index in [0.29, 0.717) is 30.7 Å². The number of aromatic nitrogens is 1. The minimum Gasteiger partial charge on any atom is -0.492 e. The number of aromatic amines is 1. The van der Waals surface area contributed by atoms with Crippen molar-refractivity contribution >= 4 is 16.8 Å². The average molecular weight is 453 g/mol. The van der Waals surface area contributed by atoms with E-state index >= 15 is 0 Å². The summed E-state index contributed by atoms with van der Waals surface area (Å²) in [7, 11) is 4.04. The number of ether oxygens (including phenoxy) is 1. The van der Waals surface area contributed by atoms with E-state index in [-0.39, 0.29) is 5.91 Å². The first-order valence-corrected chi connectivity index (χ1v) is 11.3. The van der Waals surface area contributed by atoms with Gasteiger partial charge in [-0.1, -0.05) is 30.3 Å². The van der Waals surface area contributed by atoms with Crippen molar-refractivity contribution in [2.24, 2.45) is 0 Å². The Labute approximate surface area is 199 Å². The fraction of sp³-hybridized carbons (Fsp3) is 0.214. The molecule has 0 unspecified atom stereocenters. The Bertz CT molecular complexity index is 1320. The maximum absolute atomic E-state index is 12.6. The molecule has 4 rings (SSSR count). The number of carbonyl (C=O) groups is 1. The van der Waals surface area contributed by atoms with Gasteiger partial charge >= 0.3 is 0 Å². The van der Waals surface area contributed by atoms with Gasteiger partial charge in [-0.25, -0.2) is 0 Å². The molecule has 0 fully saturated rings. The van der Waals surface area contributed by atoms with Crippen LogP contribution < -0.4 is 10.1 Å². The third kappa shape index (κ3) is 5.64. The maximum Gasteiger partial charge on any atom is 0.251 e. The Morgan fingerprint density at radius 3 is 2.65 bits per heavy atom. The zero-order valence-corrected chi connectivity index (χ0v) is 19.5. The Morgan fingerprint density at radius 1 is 1.06 bits per heavy atom. The summed E-state index contributed by atoms with van der Waals surface area (Å²) < 4.78 is 5.83. The molecule has 6 heteroatoms. The molecule has 3 aromatic carbocycles. The Hall–Kier alpha value is -4.08. The molecular weight excluding hydrogens is 424 g/mol. The molecule has 0 bridgehead atoms. The monoisotopic (exact) mass is 452 g/mol. The van der Waals surface area contributed by atoms with Gasteiger partial charge in [0.1, 0.15) is 18.4 Å². The summed E-state index contributed by atoms with van der Waals surface area (Å²) in [5, 5.41) is 13.1. The van der Waals surface area contributed by atoms with Crippen LogP contribution in [0.15, 0.2) is 72.9 Å². The van der Waals surface area contributed by atoms with Gasteiger partial charge < -0.3 is 19.9 Å². The number of likely N-dealkylation sites (N-methyl/N-ethyl adjacent to an activating group) is 1. The van der Waals surface area contributed by atoms with Crippen molar-refractivity contribution in [2.75, 3.05) is 33.8 Å². The molecule has 0 saturated carbocycles. The molecule has 0 saturated heterocycles. The Balaban J connectivity index is 1.33. The normalized spacial score (nSPS) is 10.9. The third-order valence-corrected chi connectivity index (χ3v) is 5.69. The smallest absolute Gasteiger partial charge is 0.251 e. The summed E-state index contributed by atoms with van der Waals surface area (Å²) in [6.45, 7) is 2.01. The van der Waals surface area contributed by atoms with Crippen LogP contribution in [-0.2, 0) is 6.42 Å². The number of hydrogen-bond donors (Lipinski definition) is 2. The number of rotatable bonds is 9. The number of hydrogen-bond acceptors (Lipinski definition) is 4. The lowest BCUT2D eigenvalue weighted by molar-refractivity contribution is 0.0954. The number of nitrogens with zero attached hydrogens (tertiary/aromatic N) is 2. The summed E-state index contributed by atoms with van der Waals surface area (Å²) in [5.74, 6) is 0.730. The van der Waals surface area contributed by atoms with E-state index in [0.717, 1.165) is 39.9 Å². The van der Waals surface area contributed by atoms with Crippen molar-refractivity contribution < 1.29 is 9.53 Å². The molecule has 6 nitrogen and oxygen atoms in total.